The first kappa shape index (κ1) is 12.9. The van der Waals surface area contributed by atoms with Crippen molar-refractivity contribution < 1.29 is 4.79 Å². The van der Waals surface area contributed by atoms with E-state index in [0.29, 0.717) is 18.2 Å². The van der Waals surface area contributed by atoms with Crippen molar-refractivity contribution in [3.05, 3.63) is 29.8 Å². The van der Waals surface area contributed by atoms with Gasteiger partial charge in [0.05, 0.1) is 0 Å². The Morgan fingerprint density at radius 1 is 1.39 bits per heavy atom. The molecule has 1 aromatic carbocycles. The second kappa shape index (κ2) is 6.40. The summed E-state index contributed by atoms with van der Waals surface area (Å²) in [7, 11) is 0. The lowest BCUT2D eigenvalue weighted by atomic mass is 10.1. The van der Waals surface area contributed by atoms with Gasteiger partial charge in [-0.3, -0.25) is 4.79 Å². The maximum Gasteiger partial charge on any atom is 0.251 e. The molecular formula is C14H21N3O. The fraction of sp³-hybridized carbons (Fsp3) is 0.500. The Bertz CT molecular complexity index is 383. The first-order chi connectivity index (χ1) is 8.79. The van der Waals surface area contributed by atoms with Crippen LogP contribution in [-0.4, -0.2) is 31.6 Å². The molecule has 1 aliphatic rings. The van der Waals surface area contributed by atoms with Crippen molar-refractivity contribution in [2.75, 3.05) is 25.0 Å². The summed E-state index contributed by atoms with van der Waals surface area (Å²) in [6, 6.07) is 8.17. The SMILES string of the molecule is CCNC(=O)c1ccc(NC2CCCNC2)cc1. The Morgan fingerprint density at radius 3 is 2.78 bits per heavy atom. The van der Waals surface area contributed by atoms with Gasteiger partial charge in [0, 0.05) is 30.4 Å². The number of hydrogen-bond donors (Lipinski definition) is 3. The average Bonchev–Trinajstić information content (AvgIpc) is 2.41. The largest absolute Gasteiger partial charge is 0.381 e. The predicted octanol–water partition coefficient (Wildman–Crippen LogP) is 1.60. The van der Waals surface area contributed by atoms with Gasteiger partial charge in [0.25, 0.3) is 5.91 Å². The minimum atomic E-state index is -0.0108. The Hall–Kier alpha value is -1.55. The molecule has 1 aromatic rings. The van der Waals surface area contributed by atoms with Crippen LogP contribution in [0.1, 0.15) is 30.1 Å². The van der Waals surface area contributed by atoms with E-state index in [0.717, 1.165) is 18.8 Å². The molecule has 4 heteroatoms. The average molecular weight is 247 g/mol. The first-order valence-corrected chi connectivity index (χ1v) is 6.65. The van der Waals surface area contributed by atoms with E-state index >= 15 is 0 Å². The third kappa shape index (κ3) is 3.47. The van der Waals surface area contributed by atoms with E-state index in [4.69, 9.17) is 0 Å². The molecule has 4 nitrogen and oxygen atoms in total. The van der Waals surface area contributed by atoms with Crippen LogP contribution in [0.5, 0.6) is 0 Å². The van der Waals surface area contributed by atoms with Crippen molar-refractivity contribution in [2.45, 2.75) is 25.8 Å². The number of rotatable bonds is 4. The number of hydrogen-bond acceptors (Lipinski definition) is 3. The number of benzene rings is 1. The molecule has 0 radical (unpaired) electrons. The molecular weight excluding hydrogens is 226 g/mol. The van der Waals surface area contributed by atoms with E-state index in [1.807, 2.05) is 31.2 Å². The standard InChI is InChI=1S/C14H21N3O/c1-2-16-14(18)11-5-7-12(8-6-11)17-13-4-3-9-15-10-13/h5-8,13,15,17H,2-4,9-10H2,1H3,(H,16,18). The first-order valence-electron chi connectivity index (χ1n) is 6.65. The van der Waals surface area contributed by atoms with Gasteiger partial charge < -0.3 is 16.0 Å². The molecule has 1 aliphatic heterocycles. The van der Waals surface area contributed by atoms with Crippen molar-refractivity contribution in [1.29, 1.82) is 0 Å². The van der Waals surface area contributed by atoms with E-state index in [2.05, 4.69) is 16.0 Å². The number of amides is 1. The summed E-state index contributed by atoms with van der Waals surface area (Å²) in [5.41, 5.74) is 1.79. The highest BCUT2D eigenvalue weighted by Crippen LogP contribution is 2.13. The molecule has 3 N–H and O–H groups in total. The van der Waals surface area contributed by atoms with E-state index in [1.165, 1.54) is 12.8 Å². The summed E-state index contributed by atoms with van der Waals surface area (Å²) in [5, 5.41) is 9.65. The molecule has 0 aliphatic carbocycles. The van der Waals surface area contributed by atoms with Crippen LogP contribution in [0.15, 0.2) is 24.3 Å². The van der Waals surface area contributed by atoms with Crippen molar-refractivity contribution in [2.24, 2.45) is 0 Å². The van der Waals surface area contributed by atoms with Crippen molar-refractivity contribution in [3.8, 4) is 0 Å². The fourth-order valence-electron chi connectivity index (χ4n) is 2.19. The lowest BCUT2D eigenvalue weighted by Gasteiger charge is -2.24. The Morgan fingerprint density at radius 2 is 2.17 bits per heavy atom. The molecule has 1 unspecified atom stereocenters. The lowest BCUT2D eigenvalue weighted by molar-refractivity contribution is 0.0956. The van der Waals surface area contributed by atoms with Crippen molar-refractivity contribution >= 4 is 11.6 Å². The second-order valence-corrected chi connectivity index (χ2v) is 4.62. The van der Waals surface area contributed by atoms with Gasteiger partial charge >= 0.3 is 0 Å². The van der Waals surface area contributed by atoms with Gasteiger partial charge in [-0.05, 0) is 50.6 Å². The number of piperidine rings is 1. The topological polar surface area (TPSA) is 53.2 Å². The Balaban J connectivity index is 1.92. The van der Waals surface area contributed by atoms with Crippen LogP contribution in [0.3, 0.4) is 0 Å². The summed E-state index contributed by atoms with van der Waals surface area (Å²) in [6.07, 6.45) is 2.42. The molecule has 0 aromatic heterocycles. The van der Waals surface area contributed by atoms with Crippen LogP contribution in [0.25, 0.3) is 0 Å². The second-order valence-electron chi connectivity index (χ2n) is 4.62. The van der Waals surface area contributed by atoms with Crippen LogP contribution in [0.4, 0.5) is 5.69 Å². The number of anilines is 1. The zero-order valence-corrected chi connectivity index (χ0v) is 10.8. The maximum absolute atomic E-state index is 11.6. The smallest absolute Gasteiger partial charge is 0.251 e. The van der Waals surface area contributed by atoms with E-state index < -0.39 is 0 Å². The summed E-state index contributed by atoms with van der Waals surface area (Å²) >= 11 is 0. The van der Waals surface area contributed by atoms with Gasteiger partial charge in [-0.15, -0.1) is 0 Å². The monoisotopic (exact) mass is 247 g/mol. The van der Waals surface area contributed by atoms with Gasteiger partial charge in [-0.25, -0.2) is 0 Å². The zero-order valence-electron chi connectivity index (χ0n) is 10.8. The summed E-state index contributed by atoms with van der Waals surface area (Å²) in [6.45, 7) is 4.71. The molecule has 1 saturated heterocycles. The highest BCUT2D eigenvalue weighted by Gasteiger charge is 2.12. The highest BCUT2D eigenvalue weighted by molar-refractivity contribution is 5.94. The fourth-order valence-corrected chi connectivity index (χ4v) is 2.19. The highest BCUT2D eigenvalue weighted by atomic mass is 16.1. The molecule has 98 valence electrons. The summed E-state index contributed by atoms with van der Waals surface area (Å²) in [4.78, 5) is 11.6. The zero-order chi connectivity index (χ0) is 12.8. The molecule has 1 heterocycles. The number of carbonyl (C=O) groups is 1. The van der Waals surface area contributed by atoms with E-state index in [-0.39, 0.29) is 5.91 Å². The van der Waals surface area contributed by atoms with Crippen molar-refractivity contribution in [1.82, 2.24) is 10.6 Å². The van der Waals surface area contributed by atoms with Gasteiger partial charge in [-0.2, -0.15) is 0 Å². The van der Waals surface area contributed by atoms with Crippen LogP contribution in [-0.2, 0) is 0 Å². The number of carbonyl (C=O) groups excluding carboxylic acids is 1. The third-order valence-corrected chi connectivity index (χ3v) is 3.15. The van der Waals surface area contributed by atoms with Crippen LogP contribution < -0.4 is 16.0 Å². The van der Waals surface area contributed by atoms with Gasteiger partial charge in [0.1, 0.15) is 0 Å². The predicted molar refractivity (Wildman–Crippen MR) is 74.0 cm³/mol. The summed E-state index contributed by atoms with van der Waals surface area (Å²) < 4.78 is 0. The molecule has 0 spiro atoms. The van der Waals surface area contributed by atoms with Gasteiger partial charge in [0.15, 0.2) is 0 Å². The Labute approximate surface area is 108 Å². The molecule has 1 fully saturated rings. The Kier molecular flexibility index (Phi) is 4.59. The minimum Gasteiger partial charge on any atom is -0.381 e. The quantitative estimate of drug-likeness (QED) is 0.757. The molecule has 0 bridgehead atoms. The molecule has 1 atom stereocenters. The maximum atomic E-state index is 11.6. The summed E-state index contributed by atoms with van der Waals surface area (Å²) in [5.74, 6) is -0.0108. The van der Waals surface area contributed by atoms with Gasteiger partial charge in [0.2, 0.25) is 0 Å². The van der Waals surface area contributed by atoms with E-state index in [9.17, 15) is 4.79 Å². The van der Waals surface area contributed by atoms with Gasteiger partial charge in [-0.1, -0.05) is 0 Å². The van der Waals surface area contributed by atoms with Crippen LogP contribution in [0.2, 0.25) is 0 Å². The normalized spacial score (nSPS) is 19.3. The lowest BCUT2D eigenvalue weighted by Crippen LogP contribution is -2.38. The molecule has 1 amide bonds. The van der Waals surface area contributed by atoms with Crippen molar-refractivity contribution in [3.63, 3.8) is 0 Å². The minimum absolute atomic E-state index is 0.0108. The van der Waals surface area contributed by atoms with Crippen LogP contribution >= 0.6 is 0 Å². The van der Waals surface area contributed by atoms with E-state index in [1.54, 1.807) is 0 Å². The molecule has 2 rings (SSSR count). The number of nitrogens with one attached hydrogen (secondary N) is 3. The third-order valence-electron chi connectivity index (χ3n) is 3.15. The molecule has 0 saturated carbocycles. The molecule has 18 heavy (non-hydrogen) atoms. The van der Waals surface area contributed by atoms with Crippen LogP contribution in [0, 0.1) is 0 Å².